The SMILES string of the molecule is C=CNC(=NC)NC=O. The summed E-state index contributed by atoms with van der Waals surface area (Å²) in [7, 11) is 1.56. The minimum atomic E-state index is 0.389. The molecule has 4 nitrogen and oxygen atoms in total. The van der Waals surface area contributed by atoms with Crippen molar-refractivity contribution < 1.29 is 4.79 Å². The summed E-state index contributed by atoms with van der Waals surface area (Å²) in [6.07, 6.45) is 1.97. The molecule has 0 aliphatic rings. The molecule has 0 saturated heterocycles. The van der Waals surface area contributed by atoms with E-state index in [1.54, 1.807) is 7.05 Å². The van der Waals surface area contributed by atoms with Gasteiger partial charge in [0.25, 0.3) is 0 Å². The van der Waals surface area contributed by atoms with Crippen molar-refractivity contribution in [2.24, 2.45) is 4.99 Å². The summed E-state index contributed by atoms with van der Waals surface area (Å²) in [6.45, 7) is 3.38. The largest absolute Gasteiger partial charge is 0.333 e. The maximum atomic E-state index is 9.78. The van der Waals surface area contributed by atoms with Crippen molar-refractivity contribution in [1.82, 2.24) is 10.6 Å². The summed E-state index contributed by atoms with van der Waals surface area (Å²) < 4.78 is 0. The molecule has 4 heteroatoms. The van der Waals surface area contributed by atoms with E-state index < -0.39 is 0 Å². The number of carbonyl (C=O) groups excluding carboxylic acids is 1. The van der Waals surface area contributed by atoms with Crippen LogP contribution in [-0.4, -0.2) is 19.4 Å². The number of guanidine groups is 1. The third-order valence-electron chi connectivity index (χ3n) is 0.658. The van der Waals surface area contributed by atoms with Crippen molar-refractivity contribution in [1.29, 1.82) is 0 Å². The van der Waals surface area contributed by atoms with Crippen LogP contribution in [0, 0.1) is 0 Å². The zero-order valence-corrected chi connectivity index (χ0v) is 5.22. The monoisotopic (exact) mass is 127 g/mol. The number of aliphatic imine (C=N–C) groups is 1. The van der Waals surface area contributed by atoms with Crippen LogP contribution in [0.25, 0.3) is 0 Å². The second-order valence-electron chi connectivity index (χ2n) is 1.18. The highest BCUT2D eigenvalue weighted by molar-refractivity contribution is 5.89. The average molecular weight is 127 g/mol. The summed E-state index contributed by atoms with van der Waals surface area (Å²) >= 11 is 0. The van der Waals surface area contributed by atoms with Crippen molar-refractivity contribution in [3.05, 3.63) is 12.8 Å². The van der Waals surface area contributed by atoms with Gasteiger partial charge in [0.1, 0.15) is 0 Å². The van der Waals surface area contributed by atoms with Crippen LogP contribution in [0.1, 0.15) is 0 Å². The Kier molecular flexibility index (Phi) is 4.12. The molecule has 0 rings (SSSR count). The molecule has 0 aromatic heterocycles. The molecule has 0 aromatic rings. The number of carbonyl (C=O) groups is 1. The predicted octanol–water partition coefficient (Wildman–Crippen LogP) is -0.549. The van der Waals surface area contributed by atoms with E-state index in [4.69, 9.17) is 0 Å². The third-order valence-corrected chi connectivity index (χ3v) is 0.658. The summed E-state index contributed by atoms with van der Waals surface area (Å²) in [5, 5.41) is 4.92. The smallest absolute Gasteiger partial charge is 0.213 e. The van der Waals surface area contributed by atoms with Gasteiger partial charge in [0.2, 0.25) is 12.4 Å². The molecule has 0 spiro atoms. The zero-order chi connectivity index (χ0) is 7.11. The van der Waals surface area contributed by atoms with Gasteiger partial charge in [0.15, 0.2) is 0 Å². The second-order valence-corrected chi connectivity index (χ2v) is 1.18. The lowest BCUT2D eigenvalue weighted by molar-refractivity contribution is -0.108. The Balaban J connectivity index is 3.68. The summed E-state index contributed by atoms with van der Waals surface area (Å²) in [5.41, 5.74) is 0. The number of nitrogens with zero attached hydrogens (tertiary/aromatic N) is 1. The van der Waals surface area contributed by atoms with Crippen molar-refractivity contribution in [2.45, 2.75) is 0 Å². The molecule has 0 unspecified atom stereocenters. The fraction of sp³-hybridized carbons (Fsp3) is 0.200. The Labute approximate surface area is 53.7 Å². The first-order valence-electron chi connectivity index (χ1n) is 2.39. The second kappa shape index (κ2) is 4.83. The lowest BCUT2D eigenvalue weighted by Crippen LogP contribution is -2.32. The normalized spacial score (nSPS) is 10.1. The van der Waals surface area contributed by atoms with Crippen molar-refractivity contribution in [2.75, 3.05) is 7.05 Å². The first-order valence-corrected chi connectivity index (χ1v) is 2.39. The summed E-state index contributed by atoms with van der Waals surface area (Å²) in [5.74, 6) is 0.389. The molecule has 0 saturated carbocycles. The lowest BCUT2D eigenvalue weighted by atomic mass is 10.8. The zero-order valence-electron chi connectivity index (χ0n) is 5.22. The Hall–Kier alpha value is -1.32. The van der Waals surface area contributed by atoms with Crippen LogP contribution < -0.4 is 10.6 Å². The van der Waals surface area contributed by atoms with Gasteiger partial charge in [-0.2, -0.15) is 0 Å². The van der Waals surface area contributed by atoms with Crippen LogP contribution in [0.3, 0.4) is 0 Å². The van der Waals surface area contributed by atoms with E-state index in [-0.39, 0.29) is 0 Å². The van der Waals surface area contributed by atoms with Gasteiger partial charge in [-0.05, 0) is 6.20 Å². The standard InChI is InChI=1S/C5H9N3O/c1-3-7-5(6-2)8-4-9/h3-4H,1H2,2H3,(H2,6,7,8,9). The maximum Gasteiger partial charge on any atom is 0.213 e. The molecule has 0 aliphatic carbocycles. The van der Waals surface area contributed by atoms with Crippen molar-refractivity contribution in [3.63, 3.8) is 0 Å². The van der Waals surface area contributed by atoms with Gasteiger partial charge in [0.05, 0.1) is 0 Å². The van der Waals surface area contributed by atoms with Crippen LogP contribution in [0.5, 0.6) is 0 Å². The predicted molar refractivity (Wildman–Crippen MR) is 35.9 cm³/mol. The van der Waals surface area contributed by atoms with Gasteiger partial charge in [-0.1, -0.05) is 6.58 Å². The Morgan fingerprint density at radius 3 is 2.67 bits per heavy atom. The van der Waals surface area contributed by atoms with Crippen LogP contribution in [0.4, 0.5) is 0 Å². The molecule has 0 heterocycles. The van der Waals surface area contributed by atoms with Crippen molar-refractivity contribution in [3.8, 4) is 0 Å². The van der Waals surface area contributed by atoms with Gasteiger partial charge in [-0.3, -0.25) is 15.1 Å². The Bertz CT molecular complexity index is 118. The first-order chi connectivity index (χ1) is 4.35. The van der Waals surface area contributed by atoms with E-state index in [1.165, 1.54) is 6.20 Å². The van der Waals surface area contributed by atoms with Gasteiger partial charge >= 0.3 is 0 Å². The molecular weight excluding hydrogens is 118 g/mol. The number of hydrogen-bond donors (Lipinski definition) is 2. The molecule has 0 aliphatic heterocycles. The average Bonchev–Trinajstić information content (AvgIpc) is 1.88. The molecule has 2 N–H and O–H groups in total. The molecule has 0 atom stereocenters. The minimum absolute atomic E-state index is 0.389. The molecule has 0 fully saturated rings. The third kappa shape index (κ3) is 3.28. The first kappa shape index (κ1) is 7.68. The molecule has 1 amide bonds. The molecule has 50 valence electrons. The Morgan fingerprint density at radius 2 is 2.33 bits per heavy atom. The number of amides is 1. The van der Waals surface area contributed by atoms with Gasteiger partial charge in [-0.15, -0.1) is 0 Å². The number of hydrogen-bond acceptors (Lipinski definition) is 2. The Morgan fingerprint density at radius 1 is 1.67 bits per heavy atom. The van der Waals surface area contributed by atoms with Crippen LogP contribution in [-0.2, 0) is 4.79 Å². The molecule has 0 radical (unpaired) electrons. The maximum absolute atomic E-state index is 9.78. The number of nitrogens with one attached hydrogen (secondary N) is 2. The highest BCUT2D eigenvalue weighted by Crippen LogP contribution is 1.61. The van der Waals surface area contributed by atoms with Crippen molar-refractivity contribution >= 4 is 12.4 Å². The van der Waals surface area contributed by atoms with Gasteiger partial charge in [-0.25, -0.2) is 0 Å². The van der Waals surface area contributed by atoms with E-state index in [0.29, 0.717) is 12.4 Å². The fourth-order valence-electron chi connectivity index (χ4n) is 0.323. The van der Waals surface area contributed by atoms with E-state index >= 15 is 0 Å². The quantitative estimate of drug-likeness (QED) is 0.297. The van der Waals surface area contributed by atoms with E-state index in [2.05, 4.69) is 22.2 Å². The fourth-order valence-corrected chi connectivity index (χ4v) is 0.323. The molecule has 0 aromatic carbocycles. The van der Waals surface area contributed by atoms with E-state index in [9.17, 15) is 4.79 Å². The molecule has 9 heavy (non-hydrogen) atoms. The van der Waals surface area contributed by atoms with Gasteiger partial charge in [0, 0.05) is 7.05 Å². The highest BCUT2D eigenvalue weighted by Gasteiger charge is 1.86. The molecular formula is C5H9N3O. The van der Waals surface area contributed by atoms with E-state index in [1.807, 2.05) is 0 Å². The number of rotatable bonds is 2. The van der Waals surface area contributed by atoms with Gasteiger partial charge < -0.3 is 5.32 Å². The van der Waals surface area contributed by atoms with E-state index in [0.717, 1.165) is 0 Å². The van der Waals surface area contributed by atoms with Crippen LogP contribution >= 0.6 is 0 Å². The summed E-state index contributed by atoms with van der Waals surface area (Å²) in [4.78, 5) is 13.4. The lowest BCUT2D eigenvalue weighted by Gasteiger charge is -1.99. The topological polar surface area (TPSA) is 53.5 Å². The highest BCUT2D eigenvalue weighted by atomic mass is 16.1. The minimum Gasteiger partial charge on any atom is -0.333 e. The van der Waals surface area contributed by atoms with Crippen LogP contribution in [0.2, 0.25) is 0 Å². The van der Waals surface area contributed by atoms with Crippen LogP contribution in [0.15, 0.2) is 17.8 Å². The summed E-state index contributed by atoms with van der Waals surface area (Å²) in [6, 6.07) is 0. The molecule has 0 bridgehead atoms.